The number of aliphatic hydroxyl groups is 1. The van der Waals surface area contributed by atoms with E-state index in [4.69, 9.17) is 0 Å². The molecule has 0 bridgehead atoms. The van der Waals surface area contributed by atoms with Gasteiger partial charge in [0.05, 0.1) is 16.7 Å². The van der Waals surface area contributed by atoms with Gasteiger partial charge in [-0.3, -0.25) is 9.78 Å². The van der Waals surface area contributed by atoms with Crippen LogP contribution >= 0.6 is 0 Å². The summed E-state index contributed by atoms with van der Waals surface area (Å²) in [7, 11) is 0. The quantitative estimate of drug-likeness (QED) is 0.316. The van der Waals surface area contributed by atoms with Gasteiger partial charge in [0.2, 0.25) is 0 Å². The Morgan fingerprint density at radius 3 is 2.28 bits per heavy atom. The first-order valence-corrected chi connectivity index (χ1v) is 7.52. The van der Waals surface area contributed by atoms with Crippen molar-refractivity contribution < 1.29 is 22.2 Å². The van der Waals surface area contributed by atoms with Gasteiger partial charge >= 0.3 is 0 Å². The standard InChI is InChI=1S/C15H11N2O2.C5H5.Fe/c18-14(10-5-1-2-6-10)9-13-15(19)17-12-8-4-3-7-11(12)16-13;1-2-4-5-3-1;/h1-9,18H,(H,17,19);1-5H;/q-1;-5;. The van der Waals surface area contributed by atoms with Gasteiger partial charge in [0.25, 0.3) is 5.56 Å². The van der Waals surface area contributed by atoms with Crippen molar-refractivity contribution in [1.82, 2.24) is 9.97 Å². The van der Waals surface area contributed by atoms with Crippen LogP contribution in [0.1, 0.15) is 11.3 Å². The number of aliphatic hydroxyl groups excluding tert-OH is 1. The smallest absolute Gasteiger partial charge is 0.264 e. The van der Waals surface area contributed by atoms with Crippen molar-refractivity contribution in [3.05, 3.63) is 100 Å². The van der Waals surface area contributed by atoms with Crippen LogP contribution in [0, 0.1) is 0 Å². The minimum Gasteiger partial charge on any atom is -0.748 e. The van der Waals surface area contributed by atoms with Crippen LogP contribution in [0.2, 0.25) is 0 Å². The molecule has 0 atom stereocenters. The number of nitrogens with zero attached hydrogens (tertiary/aromatic N) is 1. The van der Waals surface area contributed by atoms with E-state index < -0.39 is 0 Å². The fraction of sp³-hybridized carbons (Fsp3) is 0. The molecule has 2 N–H and O–H groups in total. The molecule has 25 heavy (non-hydrogen) atoms. The molecule has 0 aliphatic heterocycles. The van der Waals surface area contributed by atoms with Gasteiger partial charge < -0.3 is 40.4 Å². The summed E-state index contributed by atoms with van der Waals surface area (Å²) in [5, 5.41) is 9.93. The zero-order chi connectivity index (χ0) is 16.8. The molecule has 3 aromatic carbocycles. The molecular formula is C20H16FeN2O2-6. The van der Waals surface area contributed by atoms with Crippen LogP contribution in [0.3, 0.4) is 0 Å². The predicted octanol–water partition coefficient (Wildman–Crippen LogP) is 4.10. The largest absolute Gasteiger partial charge is 0.748 e. The summed E-state index contributed by atoms with van der Waals surface area (Å²) >= 11 is 0. The number of H-pyrrole nitrogens is 1. The minimum absolute atomic E-state index is 0. The SMILES string of the molecule is O=c1[nH]c2ccccc2nc1C=C(O)[c-]1cccc1.[Fe].[cH-]1[cH-][cH-][cH-][cH-]1. The number of aromatic nitrogens is 2. The Bertz CT molecular complexity index is 967. The maximum atomic E-state index is 11.9. The van der Waals surface area contributed by atoms with E-state index in [2.05, 4.69) is 9.97 Å². The number of nitrogens with one attached hydrogen (secondary N) is 1. The van der Waals surface area contributed by atoms with E-state index in [1.807, 2.05) is 60.7 Å². The molecule has 4 rings (SSSR count). The molecule has 0 aliphatic carbocycles. The summed E-state index contributed by atoms with van der Waals surface area (Å²) in [6, 6.07) is 24.4. The fourth-order valence-electron chi connectivity index (χ4n) is 2.22. The van der Waals surface area contributed by atoms with Crippen LogP contribution in [0.15, 0.2) is 83.7 Å². The Morgan fingerprint density at radius 2 is 1.64 bits per heavy atom. The summed E-state index contributed by atoms with van der Waals surface area (Å²) < 4.78 is 0. The van der Waals surface area contributed by atoms with E-state index in [0.29, 0.717) is 16.6 Å². The normalized spacial score (nSPS) is 10.6. The topological polar surface area (TPSA) is 66.0 Å². The molecule has 5 heteroatoms. The third-order valence-corrected chi connectivity index (χ3v) is 3.41. The van der Waals surface area contributed by atoms with Gasteiger partial charge in [-0.05, 0) is 12.1 Å². The van der Waals surface area contributed by atoms with Crippen molar-refractivity contribution >= 4 is 22.9 Å². The van der Waals surface area contributed by atoms with Gasteiger partial charge in [0.1, 0.15) is 0 Å². The first kappa shape index (κ1) is 18.5. The van der Waals surface area contributed by atoms with E-state index >= 15 is 0 Å². The molecule has 132 valence electrons. The number of benzene rings is 1. The van der Waals surface area contributed by atoms with Gasteiger partial charge in [-0.1, -0.05) is 23.8 Å². The predicted molar refractivity (Wildman–Crippen MR) is 96.9 cm³/mol. The molecule has 0 amide bonds. The van der Waals surface area contributed by atoms with Crippen molar-refractivity contribution in [2.45, 2.75) is 0 Å². The summed E-state index contributed by atoms with van der Waals surface area (Å²) in [4.78, 5) is 18.8. The molecule has 0 spiro atoms. The average Bonchev–Trinajstić information content (AvgIpc) is 3.31. The Hall–Kier alpha value is -2.88. The molecule has 0 unspecified atom stereocenters. The second-order valence-electron chi connectivity index (χ2n) is 5.13. The first-order chi connectivity index (χ1) is 11.7. The number of para-hydroxylation sites is 2. The maximum absolute atomic E-state index is 11.9. The second-order valence-corrected chi connectivity index (χ2v) is 5.13. The Balaban J connectivity index is 0.000000325. The molecule has 4 aromatic rings. The van der Waals surface area contributed by atoms with Crippen LogP contribution in [0.25, 0.3) is 22.9 Å². The number of hydrogen-bond donors (Lipinski definition) is 2. The number of fused-ring (bicyclic) bond motifs is 1. The molecule has 0 saturated carbocycles. The van der Waals surface area contributed by atoms with Gasteiger partial charge in [-0.25, -0.2) is 0 Å². The monoisotopic (exact) mass is 372 g/mol. The summed E-state index contributed by atoms with van der Waals surface area (Å²) in [5.74, 6) is 0.0262. The number of hydrogen-bond acceptors (Lipinski definition) is 3. The third-order valence-electron chi connectivity index (χ3n) is 3.41. The molecular weight excluding hydrogens is 356 g/mol. The molecule has 1 aromatic heterocycles. The summed E-state index contributed by atoms with van der Waals surface area (Å²) in [5.41, 5.74) is 1.89. The maximum Gasteiger partial charge on any atom is 0.264 e. The van der Waals surface area contributed by atoms with Crippen molar-refractivity contribution in [1.29, 1.82) is 0 Å². The fourth-order valence-corrected chi connectivity index (χ4v) is 2.22. The van der Waals surface area contributed by atoms with Crippen molar-refractivity contribution in [2.75, 3.05) is 0 Å². The third kappa shape index (κ3) is 4.80. The zero-order valence-electron chi connectivity index (χ0n) is 13.2. The summed E-state index contributed by atoms with van der Waals surface area (Å²) in [6.45, 7) is 0. The van der Waals surface area contributed by atoms with Gasteiger partial charge in [-0.15, -0.1) is 12.1 Å². The van der Waals surface area contributed by atoms with Crippen LogP contribution in [0.5, 0.6) is 0 Å². The molecule has 0 radical (unpaired) electrons. The van der Waals surface area contributed by atoms with E-state index in [-0.39, 0.29) is 34.1 Å². The van der Waals surface area contributed by atoms with Crippen LogP contribution in [0.4, 0.5) is 0 Å². The van der Waals surface area contributed by atoms with Crippen molar-refractivity contribution in [3.8, 4) is 0 Å². The molecule has 1 heterocycles. The second kappa shape index (κ2) is 8.83. The summed E-state index contributed by atoms with van der Waals surface area (Å²) in [6.07, 6.45) is 1.38. The van der Waals surface area contributed by atoms with Crippen molar-refractivity contribution in [3.63, 3.8) is 0 Å². The van der Waals surface area contributed by atoms with E-state index in [1.54, 1.807) is 18.2 Å². The van der Waals surface area contributed by atoms with Crippen LogP contribution in [-0.4, -0.2) is 15.1 Å². The number of aromatic amines is 1. The van der Waals surface area contributed by atoms with E-state index in [9.17, 15) is 9.90 Å². The molecule has 0 aliphatic rings. The van der Waals surface area contributed by atoms with Crippen LogP contribution in [-0.2, 0) is 17.1 Å². The zero-order valence-corrected chi connectivity index (χ0v) is 14.3. The Morgan fingerprint density at radius 1 is 1.04 bits per heavy atom. The Kier molecular flexibility index (Phi) is 6.52. The first-order valence-electron chi connectivity index (χ1n) is 7.52. The molecule has 4 nitrogen and oxygen atoms in total. The van der Waals surface area contributed by atoms with Gasteiger partial charge in [0.15, 0.2) is 0 Å². The van der Waals surface area contributed by atoms with E-state index in [1.165, 1.54) is 6.08 Å². The van der Waals surface area contributed by atoms with E-state index in [0.717, 1.165) is 0 Å². The Labute approximate surface area is 155 Å². The van der Waals surface area contributed by atoms with Crippen LogP contribution < -0.4 is 5.56 Å². The molecule has 0 fully saturated rings. The van der Waals surface area contributed by atoms with Gasteiger partial charge in [0, 0.05) is 22.8 Å². The molecule has 0 saturated heterocycles. The average molecular weight is 372 g/mol. The number of rotatable bonds is 2. The van der Waals surface area contributed by atoms with Crippen molar-refractivity contribution in [2.24, 2.45) is 0 Å². The minimum atomic E-state index is -0.322. The van der Waals surface area contributed by atoms with Gasteiger partial charge in [-0.2, -0.15) is 12.1 Å².